The Morgan fingerprint density at radius 3 is 1.58 bits per heavy atom. The van der Waals surface area contributed by atoms with E-state index in [4.69, 9.17) is 0 Å². The summed E-state index contributed by atoms with van der Waals surface area (Å²) in [5.74, 6) is 1.05. The minimum Gasteiger partial charge on any atom is -0.147 e. The maximum absolute atomic E-state index is 3.69. The summed E-state index contributed by atoms with van der Waals surface area (Å²) in [7, 11) is 0. The Kier molecular flexibility index (Phi) is 11.3. The molecule has 2 aliphatic carbocycles. The second-order valence-corrected chi connectivity index (χ2v) is 47.4. The molecule has 0 aromatic heterocycles. The number of benzene rings is 4. The number of halogens is 2. The van der Waals surface area contributed by atoms with Gasteiger partial charge in [0, 0.05) is 0 Å². The Labute approximate surface area is 306 Å². The molecule has 2 aliphatic rings. The van der Waals surface area contributed by atoms with Gasteiger partial charge < -0.3 is 0 Å². The van der Waals surface area contributed by atoms with Crippen molar-refractivity contribution in [2.75, 3.05) is 0 Å². The van der Waals surface area contributed by atoms with Crippen LogP contribution in [0.4, 0.5) is 0 Å². The zero-order chi connectivity index (χ0) is 33.2. The molecule has 0 heterocycles. The van der Waals surface area contributed by atoms with E-state index in [1.807, 2.05) is 0 Å². The molecule has 2 unspecified atom stereocenters. The van der Waals surface area contributed by atoms with E-state index in [-0.39, 0.29) is 30.2 Å². The fourth-order valence-electron chi connectivity index (χ4n) is 8.74. The third-order valence-electron chi connectivity index (χ3n) is 11.2. The third kappa shape index (κ3) is 6.74. The van der Waals surface area contributed by atoms with Crippen molar-refractivity contribution >= 4 is 43.8 Å². The molecule has 4 aromatic rings. The van der Waals surface area contributed by atoms with E-state index in [9.17, 15) is 0 Å². The first-order valence-electron chi connectivity index (χ1n) is 17.6. The fourth-order valence-corrected chi connectivity index (χ4v) is 28.8. The van der Waals surface area contributed by atoms with Crippen molar-refractivity contribution in [3.8, 4) is 22.3 Å². The largest absolute Gasteiger partial charge is 0.147 e. The Hall–Kier alpha value is -1.96. The second-order valence-electron chi connectivity index (χ2n) is 16.9. The van der Waals surface area contributed by atoms with Gasteiger partial charge in [-0.2, -0.15) is 0 Å². The Bertz CT molecular complexity index is 1930. The molecule has 4 aromatic carbocycles. The molecular formula is C44H56Cl2SiZr. The van der Waals surface area contributed by atoms with Crippen molar-refractivity contribution in [2.45, 2.75) is 89.7 Å². The van der Waals surface area contributed by atoms with Crippen LogP contribution < -0.4 is 0 Å². The quantitative estimate of drug-likeness (QED) is 0.164. The summed E-state index contributed by atoms with van der Waals surface area (Å²) in [5.41, 5.74) is 17.8. The van der Waals surface area contributed by atoms with E-state index >= 15 is 0 Å². The summed E-state index contributed by atoms with van der Waals surface area (Å²) in [5, 5.41) is 0. The van der Waals surface area contributed by atoms with E-state index in [0.717, 1.165) is 6.42 Å². The Morgan fingerprint density at radius 1 is 0.646 bits per heavy atom. The van der Waals surface area contributed by atoms with Crippen LogP contribution in [0.1, 0.15) is 108 Å². The van der Waals surface area contributed by atoms with Crippen molar-refractivity contribution < 1.29 is 17.4 Å². The van der Waals surface area contributed by atoms with E-state index in [1.165, 1.54) is 44.5 Å². The minimum atomic E-state index is -3.69. The van der Waals surface area contributed by atoms with Crippen LogP contribution in [0.3, 0.4) is 0 Å². The molecule has 0 fully saturated rings. The normalized spacial score (nSPS) is 17.4. The molecule has 0 spiro atoms. The number of fused-ring (bicyclic) bond motifs is 2. The molecule has 0 amide bonds. The Morgan fingerprint density at radius 2 is 1.12 bits per heavy atom. The van der Waals surface area contributed by atoms with Crippen LogP contribution in [0.2, 0.25) is 9.26 Å². The SMILES string of the molecule is CCC1=Cc2c(-c3ccc(C(C)(C)C)cc3)cccc2[CH]1[Zr]([CH3])([CH3])(=[SiH2])[CH]1C(C(C)C)=Cc2c(-c3ccc(C(C)C)cc3)cccc21.Cl.Cl. The van der Waals surface area contributed by atoms with Gasteiger partial charge in [-0.15, -0.1) is 24.8 Å². The van der Waals surface area contributed by atoms with Gasteiger partial charge in [0.05, 0.1) is 0 Å². The van der Waals surface area contributed by atoms with Gasteiger partial charge in [0.25, 0.3) is 0 Å². The molecule has 48 heavy (non-hydrogen) atoms. The van der Waals surface area contributed by atoms with E-state index in [2.05, 4.69) is 169 Å². The van der Waals surface area contributed by atoms with Crippen LogP contribution >= 0.6 is 24.8 Å². The maximum atomic E-state index is 2.79. The number of allylic oxidation sites excluding steroid dienone is 2. The first-order valence-corrected chi connectivity index (χ1v) is 31.2. The van der Waals surface area contributed by atoms with Crippen LogP contribution in [-0.4, -0.2) is 6.88 Å². The summed E-state index contributed by atoms with van der Waals surface area (Å²) < 4.78 is 6.62. The molecule has 0 bridgehead atoms. The average Bonchev–Trinajstić information content (AvgIpc) is 3.61. The van der Waals surface area contributed by atoms with E-state index < -0.39 is 17.4 Å². The second kappa shape index (κ2) is 14.0. The Balaban J connectivity index is 0.00000260. The van der Waals surface area contributed by atoms with Crippen molar-refractivity contribution in [2.24, 2.45) is 5.92 Å². The van der Waals surface area contributed by atoms with Crippen LogP contribution in [-0.2, 0) is 22.8 Å². The van der Waals surface area contributed by atoms with Crippen molar-refractivity contribution in [1.82, 2.24) is 0 Å². The molecule has 0 aliphatic heterocycles. The molecular weight excluding hydrogens is 719 g/mol. The molecule has 0 N–H and O–H groups in total. The van der Waals surface area contributed by atoms with Gasteiger partial charge >= 0.3 is 284 Å². The summed E-state index contributed by atoms with van der Waals surface area (Å²) >= 11 is -3.69. The fraction of sp³-hybridized carbons (Fsp3) is 0.364. The van der Waals surface area contributed by atoms with Gasteiger partial charge in [-0.3, -0.25) is 0 Å². The first kappa shape index (κ1) is 38.8. The van der Waals surface area contributed by atoms with Crippen LogP contribution in [0.25, 0.3) is 34.4 Å². The van der Waals surface area contributed by atoms with Gasteiger partial charge in [-0.1, -0.05) is 0 Å². The van der Waals surface area contributed by atoms with E-state index in [1.54, 1.807) is 22.3 Å². The monoisotopic (exact) mass is 772 g/mol. The smallest absolute Gasteiger partial charge is 0.147 e. The summed E-state index contributed by atoms with van der Waals surface area (Å²) in [6.07, 6.45) is 6.32. The zero-order valence-electron chi connectivity index (χ0n) is 30.8. The standard InChI is InChI=1S/2C21H23.2CH3.2ClH.H2Si.Zr/c1-14(2)16-8-10-17(11-9-16)20-7-5-6-18-12-19(15(3)4)13-21(18)20;1-5-15-13-17-7-6-8-19(20(17)14-15)16-9-11-18(12-10-16)21(2,3)4;;;;;;/h5-15H,1-4H3;6-14H,5H2,1-4H3;2*1H3;2*1H;1H2;. The molecule has 6 rings (SSSR count). The number of rotatable bonds is 7. The van der Waals surface area contributed by atoms with Crippen molar-refractivity contribution in [3.05, 3.63) is 129 Å². The van der Waals surface area contributed by atoms with Gasteiger partial charge in [0.1, 0.15) is 0 Å². The molecule has 0 nitrogen and oxygen atoms in total. The van der Waals surface area contributed by atoms with E-state index in [0.29, 0.717) is 19.1 Å². The summed E-state index contributed by atoms with van der Waals surface area (Å²) in [6, 6.07) is 33.0. The zero-order valence-corrected chi connectivity index (χ0v) is 36.3. The van der Waals surface area contributed by atoms with Crippen molar-refractivity contribution in [1.29, 1.82) is 0 Å². The minimum absolute atomic E-state index is 0. The summed E-state index contributed by atoms with van der Waals surface area (Å²) in [4.78, 5) is 0. The average molecular weight is 775 g/mol. The van der Waals surface area contributed by atoms with Crippen LogP contribution in [0.5, 0.6) is 0 Å². The molecule has 0 saturated heterocycles. The van der Waals surface area contributed by atoms with Gasteiger partial charge in [-0.05, 0) is 0 Å². The van der Waals surface area contributed by atoms with Gasteiger partial charge in [0.2, 0.25) is 0 Å². The number of hydrogen-bond acceptors (Lipinski definition) is 0. The molecule has 2 atom stereocenters. The molecule has 4 heteroatoms. The third-order valence-corrected chi connectivity index (χ3v) is 28.6. The van der Waals surface area contributed by atoms with Crippen LogP contribution in [0.15, 0.2) is 96.1 Å². The number of hydrogen-bond donors (Lipinski definition) is 0. The van der Waals surface area contributed by atoms with Crippen LogP contribution in [0, 0.1) is 5.92 Å². The molecule has 254 valence electrons. The molecule has 0 radical (unpaired) electrons. The molecule has 0 saturated carbocycles. The predicted octanol–water partition coefficient (Wildman–Crippen LogP) is 13.3. The summed E-state index contributed by atoms with van der Waals surface area (Å²) in [6.45, 7) is 21.2. The maximum Gasteiger partial charge on any atom is -0.147 e. The topological polar surface area (TPSA) is 0 Å². The first-order chi connectivity index (χ1) is 21.6. The van der Waals surface area contributed by atoms with Gasteiger partial charge in [-0.25, -0.2) is 0 Å². The predicted molar refractivity (Wildman–Crippen MR) is 218 cm³/mol. The van der Waals surface area contributed by atoms with Crippen molar-refractivity contribution in [3.63, 3.8) is 0 Å². The van der Waals surface area contributed by atoms with Gasteiger partial charge in [0.15, 0.2) is 0 Å².